The summed E-state index contributed by atoms with van der Waals surface area (Å²) in [4.78, 5) is -0.0249. The molecule has 118 valence electrons. The molecule has 1 aromatic carbocycles. The van der Waals surface area contributed by atoms with Crippen molar-refractivity contribution in [2.45, 2.75) is 24.3 Å². The van der Waals surface area contributed by atoms with Gasteiger partial charge in [0.1, 0.15) is 5.82 Å². The smallest absolute Gasteiger partial charge is 0.243 e. The fourth-order valence-electron chi connectivity index (χ4n) is 2.73. The summed E-state index contributed by atoms with van der Waals surface area (Å²) in [6.45, 7) is 1.23. The number of nitrogens with zero attached hydrogens (tertiary/aromatic N) is 1. The molecule has 0 aromatic heterocycles. The number of rotatable bonds is 5. The van der Waals surface area contributed by atoms with Gasteiger partial charge in [-0.1, -0.05) is 6.07 Å². The maximum absolute atomic E-state index is 13.8. The summed E-state index contributed by atoms with van der Waals surface area (Å²) in [7, 11) is -2.12. The topological polar surface area (TPSA) is 72.6 Å². The van der Waals surface area contributed by atoms with Crippen molar-refractivity contribution in [1.82, 2.24) is 4.31 Å². The van der Waals surface area contributed by atoms with Crippen molar-refractivity contribution in [3.05, 3.63) is 29.6 Å². The van der Waals surface area contributed by atoms with Crippen LogP contribution in [0.3, 0.4) is 0 Å². The summed E-state index contributed by atoms with van der Waals surface area (Å²) >= 11 is 0. The third-order valence-corrected chi connectivity index (χ3v) is 5.73. The van der Waals surface area contributed by atoms with Crippen LogP contribution in [0.2, 0.25) is 0 Å². The molecule has 1 atom stereocenters. The maximum atomic E-state index is 13.8. The first kappa shape index (κ1) is 16.4. The first-order valence-electron chi connectivity index (χ1n) is 6.97. The van der Waals surface area contributed by atoms with E-state index in [0.717, 1.165) is 12.8 Å². The maximum Gasteiger partial charge on any atom is 0.243 e. The monoisotopic (exact) mass is 316 g/mol. The van der Waals surface area contributed by atoms with E-state index in [9.17, 15) is 12.8 Å². The molecule has 7 heteroatoms. The van der Waals surface area contributed by atoms with Crippen molar-refractivity contribution in [3.63, 3.8) is 0 Å². The van der Waals surface area contributed by atoms with E-state index in [4.69, 9.17) is 10.5 Å². The third-order valence-electron chi connectivity index (χ3n) is 3.78. The molecule has 21 heavy (non-hydrogen) atoms. The van der Waals surface area contributed by atoms with Gasteiger partial charge in [-0.2, -0.15) is 4.31 Å². The number of nitrogens with two attached hydrogens (primary N) is 1. The van der Waals surface area contributed by atoms with Gasteiger partial charge >= 0.3 is 0 Å². The summed E-state index contributed by atoms with van der Waals surface area (Å²) in [5.41, 5.74) is 5.56. The minimum atomic E-state index is -3.72. The Kier molecular flexibility index (Phi) is 5.32. The van der Waals surface area contributed by atoms with Gasteiger partial charge in [0.2, 0.25) is 10.0 Å². The van der Waals surface area contributed by atoms with E-state index in [2.05, 4.69) is 0 Å². The summed E-state index contributed by atoms with van der Waals surface area (Å²) in [5.74, 6) is -0.405. The molecule has 0 aliphatic carbocycles. The molecule has 2 rings (SSSR count). The van der Waals surface area contributed by atoms with E-state index in [1.807, 2.05) is 0 Å². The summed E-state index contributed by atoms with van der Waals surface area (Å²) in [6.07, 6.45) is 1.72. The lowest BCUT2D eigenvalue weighted by atomic mass is 10.0. The molecule has 0 radical (unpaired) electrons. The van der Waals surface area contributed by atoms with Gasteiger partial charge in [-0.05, 0) is 30.9 Å². The lowest BCUT2D eigenvalue weighted by molar-refractivity contribution is 0.118. The van der Waals surface area contributed by atoms with Crippen LogP contribution in [0.1, 0.15) is 18.4 Å². The van der Waals surface area contributed by atoms with Crippen LogP contribution in [0.15, 0.2) is 23.1 Å². The van der Waals surface area contributed by atoms with Gasteiger partial charge < -0.3 is 10.5 Å². The Labute approximate surface area is 124 Å². The molecule has 0 saturated carbocycles. The fraction of sp³-hybridized carbons (Fsp3) is 0.571. The van der Waals surface area contributed by atoms with Crippen LogP contribution in [0.25, 0.3) is 0 Å². The number of methoxy groups -OCH3 is 1. The standard InChI is InChI=1S/C14H21FN2O3S/c1-20-10-11-4-3-7-17(9-11)21(18,19)14-6-2-5-13(15)12(14)8-16/h2,5-6,11H,3-4,7-10,16H2,1H3. The zero-order valence-electron chi connectivity index (χ0n) is 12.1. The lowest BCUT2D eigenvalue weighted by Crippen LogP contribution is -2.41. The number of sulfonamides is 1. The van der Waals surface area contributed by atoms with Crippen LogP contribution < -0.4 is 5.73 Å². The molecular formula is C14H21FN2O3S. The van der Waals surface area contributed by atoms with Gasteiger partial charge in [0.05, 0.1) is 11.5 Å². The second-order valence-electron chi connectivity index (χ2n) is 5.25. The predicted molar refractivity (Wildman–Crippen MR) is 77.7 cm³/mol. The van der Waals surface area contributed by atoms with Crippen LogP contribution in [0.4, 0.5) is 4.39 Å². The van der Waals surface area contributed by atoms with E-state index in [1.54, 1.807) is 7.11 Å². The molecule has 1 fully saturated rings. The van der Waals surface area contributed by atoms with E-state index in [0.29, 0.717) is 19.7 Å². The molecule has 2 N–H and O–H groups in total. The Morgan fingerprint density at radius 1 is 1.48 bits per heavy atom. The highest BCUT2D eigenvalue weighted by Crippen LogP contribution is 2.27. The van der Waals surface area contributed by atoms with Gasteiger partial charge in [0.15, 0.2) is 0 Å². The SMILES string of the molecule is COCC1CCCN(S(=O)(=O)c2cccc(F)c2CN)C1. The number of hydrogen-bond donors (Lipinski definition) is 1. The van der Waals surface area contributed by atoms with Crippen molar-refractivity contribution in [2.24, 2.45) is 11.7 Å². The van der Waals surface area contributed by atoms with Crippen molar-refractivity contribution in [1.29, 1.82) is 0 Å². The van der Waals surface area contributed by atoms with E-state index < -0.39 is 15.8 Å². The quantitative estimate of drug-likeness (QED) is 0.889. The first-order chi connectivity index (χ1) is 10.0. The zero-order chi connectivity index (χ0) is 15.5. The number of ether oxygens (including phenoxy) is 1. The Morgan fingerprint density at radius 3 is 2.90 bits per heavy atom. The molecule has 1 aromatic rings. The molecule has 1 aliphatic heterocycles. The average Bonchev–Trinajstić information content (AvgIpc) is 2.47. The van der Waals surface area contributed by atoms with Crippen molar-refractivity contribution in [3.8, 4) is 0 Å². The van der Waals surface area contributed by atoms with E-state index in [1.165, 1.54) is 22.5 Å². The molecule has 1 unspecified atom stereocenters. The van der Waals surface area contributed by atoms with Gasteiger partial charge in [-0.25, -0.2) is 12.8 Å². The largest absolute Gasteiger partial charge is 0.384 e. The lowest BCUT2D eigenvalue weighted by Gasteiger charge is -2.32. The Balaban J connectivity index is 2.32. The molecule has 1 aliphatic rings. The van der Waals surface area contributed by atoms with Crippen LogP contribution >= 0.6 is 0 Å². The minimum Gasteiger partial charge on any atom is -0.384 e. The zero-order valence-corrected chi connectivity index (χ0v) is 12.9. The normalized spacial score (nSPS) is 20.6. The second-order valence-corrected chi connectivity index (χ2v) is 7.15. The highest BCUT2D eigenvalue weighted by atomic mass is 32.2. The van der Waals surface area contributed by atoms with E-state index in [-0.39, 0.29) is 22.9 Å². The molecule has 0 spiro atoms. The number of benzene rings is 1. The molecule has 1 saturated heterocycles. The summed E-state index contributed by atoms with van der Waals surface area (Å²) in [6, 6.07) is 4.05. The molecule has 5 nitrogen and oxygen atoms in total. The Hall–Kier alpha value is -1.02. The number of piperidine rings is 1. The van der Waals surface area contributed by atoms with Gasteiger partial charge in [-0.15, -0.1) is 0 Å². The van der Waals surface area contributed by atoms with Crippen LogP contribution in [-0.4, -0.2) is 39.5 Å². The summed E-state index contributed by atoms with van der Waals surface area (Å²) in [5, 5.41) is 0. The molecule has 0 bridgehead atoms. The molecular weight excluding hydrogens is 295 g/mol. The van der Waals surface area contributed by atoms with E-state index >= 15 is 0 Å². The van der Waals surface area contributed by atoms with Gasteiger partial charge in [-0.3, -0.25) is 0 Å². The first-order valence-corrected chi connectivity index (χ1v) is 8.41. The van der Waals surface area contributed by atoms with Crippen molar-refractivity contribution in [2.75, 3.05) is 26.8 Å². The molecule has 1 heterocycles. The highest BCUT2D eigenvalue weighted by molar-refractivity contribution is 7.89. The van der Waals surface area contributed by atoms with Crippen LogP contribution in [0.5, 0.6) is 0 Å². The van der Waals surface area contributed by atoms with Crippen molar-refractivity contribution >= 4 is 10.0 Å². The van der Waals surface area contributed by atoms with Crippen molar-refractivity contribution < 1.29 is 17.5 Å². The molecule has 0 amide bonds. The number of halogens is 1. The number of hydrogen-bond acceptors (Lipinski definition) is 4. The average molecular weight is 316 g/mol. The van der Waals surface area contributed by atoms with Gasteiger partial charge in [0, 0.05) is 32.3 Å². The fourth-order valence-corrected chi connectivity index (χ4v) is 4.53. The Bertz CT molecular complexity index is 590. The van der Waals surface area contributed by atoms with Crippen LogP contribution in [-0.2, 0) is 21.3 Å². The second kappa shape index (κ2) is 6.83. The van der Waals surface area contributed by atoms with Crippen LogP contribution in [0, 0.1) is 11.7 Å². The minimum absolute atomic E-state index is 0.0249. The predicted octanol–water partition coefficient (Wildman–Crippen LogP) is 1.33. The van der Waals surface area contributed by atoms with Gasteiger partial charge in [0.25, 0.3) is 0 Å². The third kappa shape index (κ3) is 3.42. The Morgan fingerprint density at radius 2 is 2.24 bits per heavy atom. The highest BCUT2D eigenvalue weighted by Gasteiger charge is 2.32. The summed E-state index contributed by atoms with van der Waals surface area (Å²) < 4.78 is 45.7.